The van der Waals surface area contributed by atoms with Gasteiger partial charge in [0.05, 0.1) is 0 Å². The molecule has 1 aliphatic rings. The van der Waals surface area contributed by atoms with Crippen LogP contribution in [0.25, 0.3) is 0 Å². The van der Waals surface area contributed by atoms with Crippen molar-refractivity contribution in [3.8, 4) is 5.75 Å². The first-order valence-electron chi connectivity index (χ1n) is 7.07. The van der Waals surface area contributed by atoms with Gasteiger partial charge >= 0.3 is 0 Å². The number of benzene rings is 1. The molecule has 0 aromatic heterocycles. The molecule has 5 heteroatoms. The van der Waals surface area contributed by atoms with E-state index in [2.05, 4.69) is 10.6 Å². The third-order valence-corrected chi connectivity index (χ3v) is 3.60. The molecule has 0 spiro atoms. The van der Waals surface area contributed by atoms with Gasteiger partial charge in [-0.15, -0.1) is 0 Å². The van der Waals surface area contributed by atoms with Crippen LogP contribution in [0.4, 0.5) is 0 Å². The third kappa shape index (κ3) is 4.12. The van der Waals surface area contributed by atoms with Crippen LogP contribution in [0.15, 0.2) is 18.2 Å². The summed E-state index contributed by atoms with van der Waals surface area (Å²) in [5.74, 6) is 0.554. The van der Waals surface area contributed by atoms with Crippen LogP contribution < -0.4 is 15.4 Å². The van der Waals surface area contributed by atoms with Gasteiger partial charge in [-0.25, -0.2) is 0 Å². The van der Waals surface area contributed by atoms with E-state index >= 15 is 0 Å². The molecule has 1 unspecified atom stereocenters. The molecule has 0 aliphatic heterocycles. The maximum atomic E-state index is 11.7. The van der Waals surface area contributed by atoms with E-state index in [1.807, 2.05) is 25.1 Å². The van der Waals surface area contributed by atoms with Crippen molar-refractivity contribution in [2.45, 2.75) is 45.4 Å². The minimum atomic E-state index is -0.534. The zero-order valence-electron chi connectivity index (χ0n) is 11.9. The van der Waals surface area contributed by atoms with Crippen molar-refractivity contribution in [2.75, 3.05) is 6.54 Å². The van der Waals surface area contributed by atoms with Crippen LogP contribution >= 0.6 is 11.6 Å². The molecule has 1 atom stereocenters. The highest BCUT2D eigenvalue weighted by atomic mass is 35.5. The van der Waals surface area contributed by atoms with Crippen molar-refractivity contribution in [3.63, 3.8) is 0 Å². The van der Waals surface area contributed by atoms with Crippen LogP contribution in [0.2, 0.25) is 5.02 Å². The van der Waals surface area contributed by atoms with E-state index < -0.39 is 6.10 Å². The number of nitrogens with one attached hydrogen (secondary N) is 2. The Bertz CT molecular complexity index is 475. The van der Waals surface area contributed by atoms with Crippen molar-refractivity contribution in [2.24, 2.45) is 0 Å². The Labute approximate surface area is 124 Å². The van der Waals surface area contributed by atoms with E-state index in [9.17, 15) is 4.79 Å². The third-order valence-electron chi connectivity index (χ3n) is 3.24. The molecule has 1 aromatic rings. The first-order chi connectivity index (χ1) is 9.61. The highest BCUT2D eigenvalue weighted by Crippen LogP contribution is 2.28. The van der Waals surface area contributed by atoms with Gasteiger partial charge in [0.25, 0.3) is 5.91 Å². The van der Waals surface area contributed by atoms with Gasteiger partial charge in [-0.05, 0) is 38.8 Å². The van der Waals surface area contributed by atoms with E-state index in [1.54, 1.807) is 6.92 Å². The van der Waals surface area contributed by atoms with E-state index in [0.29, 0.717) is 29.9 Å². The standard InChI is InChI=1S/C15H21ClN2O2/c1-3-17-15(19)10(2)20-14-6-4-5-13(16)12(14)9-18-11-7-8-11/h4-6,10-11,18H,3,7-9H2,1-2H3,(H,17,19). The first-order valence-corrected chi connectivity index (χ1v) is 7.44. The monoisotopic (exact) mass is 296 g/mol. The van der Waals surface area contributed by atoms with Crippen LogP contribution in [0.5, 0.6) is 5.75 Å². The number of likely N-dealkylation sites (N-methyl/N-ethyl adjacent to an activating group) is 1. The normalized spacial score (nSPS) is 15.8. The van der Waals surface area contributed by atoms with Gasteiger partial charge in [0.2, 0.25) is 0 Å². The summed E-state index contributed by atoms with van der Waals surface area (Å²) in [4.78, 5) is 11.7. The van der Waals surface area contributed by atoms with Gasteiger partial charge < -0.3 is 15.4 Å². The van der Waals surface area contributed by atoms with E-state index in [-0.39, 0.29) is 5.91 Å². The average molecular weight is 297 g/mol. The summed E-state index contributed by atoms with van der Waals surface area (Å²) in [5, 5.41) is 6.83. The molecule has 4 nitrogen and oxygen atoms in total. The summed E-state index contributed by atoms with van der Waals surface area (Å²) < 4.78 is 5.76. The molecule has 1 saturated carbocycles. The zero-order chi connectivity index (χ0) is 14.5. The molecule has 20 heavy (non-hydrogen) atoms. The SMILES string of the molecule is CCNC(=O)C(C)Oc1cccc(Cl)c1CNC1CC1. The minimum absolute atomic E-state index is 0.117. The van der Waals surface area contributed by atoms with Gasteiger partial charge in [0.1, 0.15) is 5.75 Å². The number of carbonyl (C=O) groups excluding carboxylic acids is 1. The summed E-state index contributed by atoms with van der Waals surface area (Å²) in [6, 6.07) is 6.13. The quantitative estimate of drug-likeness (QED) is 0.813. The number of halogens is 1. The molecule has 1 aromatic carbocycles. The molecule has 1 amide bonds. The Balaban J connectivity index is 2.05. The highest BCUT2D eigenvalue weighted by molar-refractivity contribution is 6.31. The van der Waals surface area contributed by atoms with Crippen LogP contribution in [0, 0.1) is 0 Å². The Morgan fingerprint density at radius 2 is 2.25 bits per heavy atom. The second-order valence-electron chi connectivity index (χ2n) is 5.03. The van der Waals surface area contributed by atoms with E-state index in [4.69, 9.17) is 16.3 Å². The van der Waals surface area contributed by atoms with Gasteiger partial charge in [-0.2, -0.15) is 0 Å². The molecule has 1 fully saturated rings. The van der Waals surface area contributed by atoms with Gasteiger partial charge in [0, 0.05) is 29.7 Å². The lowest BCUT2D eigenvalue weighted by Crippen LogP contribution is -2.36. The van der Waals surface area contributed by atoms with E-state index in [1.165, 1.54) is 12.8 Å². The molecule has 2 N–H and O–H groups in total. The average Bonchev–Trinajstić information content (AvgIpc) is 3.22. The second-order valence-corrected chi connectivity index (χ2v) is 5.43. The number of hydrogen-bond acceptors (Lipinski definition) is 3. The molecule has 0 radical (unpaired) electrons. The van der Waals surface area contributed by atoms with Crippen LogP contribution in [0.3, 0.4) is 0 Å². The van der Waals surface area contributed by atoms with Crippen LogP contribution in [0.1, 0.15) is 32.3 Å². The number of carbonyl (C=O) groups is 1. The Hall–Kier alpha value is -1.26. The maximum Gasteiger partial charge on any atom is 0.260 e. The van der Waals surface area contributed by atoms with E-state index in [0.717, 1.165) is 5.56 Å². The topological polar surface area (TPSA) is 50.4 Å². The van der Waals surface area contributed by atoms with Crippen molar-refractivity contribution in [3.05, 3.63) is 28.8 Å². The summed E-state index contributed by atoms with van der Waals surface area (Å²) >= 11 is 6.24. The zero-order valence-corrected chi connectivity index (χ0v) is 12.7. The Kier molecular flexibility index (Phi) is 5.26. The van der Waals surface area contributed by atoms with Crippen LogP contribution in [-0.2, 0) is 11.3 Å². The number of hydrogen-bond donors (Lipinski definition) is 2. The molecule has 1 aliphatic carbocycles. The summed E-state index contributed by atoms with van der Waals surface area (Å²) in [5.41, 5.74) is 0.914. The summed E-state index contributed by atoms with van der Waals surface area (Å²) in [7, 11) is 0. The second kappa shape index (κ2) is 6.95. The summed E-state index contributed by atoms with van der Waals surface area (Å²) in [6.45, 7) is 4.89. The fraction of sp³-hybridized carbons (Fsp3) is 0.533. The highest BCUT2D eigenvalue weighted by Gasteiger charge is 2.22. The molecular weight excluding hydrogens is 276 g/mol. The number of rotatable bonds is 7. The predicted molar refractivity (Wildman–Crippen MR) is 80.1 cm³/mol. The van der Waals surface area contributed by atoms with Gasteiger partial charge in [-0.3, -0.25) is 4.79 Å². The number of ether oxygens (including phenoxy) is 1. The fourth-order valence-corrected chi connectivity index (χ4v) is 2.15. The smallest absolute Gasteiger partial charge is 0.260 e. The lowest BCUT2D eigenvalue weighted by molar-refractivity contribution is -0.127. The fourth-order valence-electron chi connectivity index (χ4n) is 1.92. The summed E-state index contributed by atoms with van der Waals surface area (Å²) in [6.07, 6.45) is 1.90. The van der Waals surface area contributed by atoms with Gasteiger partial charge in [0.15, 0.2) is 6.10 Å². The lowest BCUT2D eigenvalue weighted by Gasteiger charge is -2.18. The molecule has 2 rings (SSSR count). The molecular formula is C15H21ClN2O2. The maximum absolute atomic E-state index is 11.7. The van der Waals surface area contributed by atoms with Gasteiger partial charge in [-0.1, -0.05) is 17.7 Å². The molecule has 110 valence electrons. The van der Waals surface area contributed by atoms with Crippen molar-refractivity contribution in [1.82, 2.24) is 10.6 Å². The lowest BCUT2D eigenvalue weighted by atomic mass is 10.2. The largest absolute Gasteiger partial charge is 0.481 e. The van der Waals surface area contributed by atoms with Crippen molar-refractivity contribution < 1.29 is 9.53 Å². The molecule has 0 saturated heterocycles. The first kappa shape index (κ1) is 15.1. The van der Waals surface area contributed by atoms with Crippen molar-refractivity contribution >= 4 is 17.5 Å². The van der Waals surface area contributed by atoms with Crippen LogP contribution in [-0.4, -0.2) is 24.6 Å². The number of amides is 1. The van der Waals surface area contributed by atoms with Crippen molar-refractivity contribution in [1.29, 1.82) is 0 Å². The minimum Gasteiger partial charge on any atom is -0.481 e. The Morgan fingerprint density at radius 1 is 1.50 bits per heavy atom. The predicted octanol–water partition coefficient (Wildman–Crippen LogP) is 2.50. The Morgan fingerprint density at radius 3 is 2.90 bits per heavy atom. The molecule has 0 bridgehead atoms. The molecule has 0 heterocycles.